The van der Waals surface area contributed by atoms with Crippen LogP contribution in [-0.4, -0.2) is 87.5 Å². The van der Waals surface area contributed by atoms with Gasteiger partial charge in [0.15, 0.2) is 6.29 Å². The number of carbonyl (C=O) groups is 1. The summed E-state index contributed by atoms with van der Waals surface area (Å²) < 4.78 is 11.3. The summed E-state index contributed by atoms with van der Waals surface area (Å²) in [5.74, 6) is -0.191. The lowest BCUT2D eigenvalue weighted by Gasteiger charge is -2.40. The molecular formula is C77H137NO8. The standard InChI is InChI=1S/C77H137NO8/c1-3-5-7-9-11-13-15-17-19-21-23-25-27-29-31-33-35-37-38-40-42-44-46-48-50-52-54-56-58-60-62-64-66-71(80)70(69-85-77-76(84)75(83)74(82)72(68-79)86-77)78-73(81)67-65-63-61-59-57-55-53-51-49-47-45-43-41-39-36-34-32-30-28-26-24-22-20-18-16-14-12-10-8-6-4-2/h6,8,12,14,18,20,24,26,30,32,48,50,56,58,64,66,70-72,74-77,79-80,82-84H,3-5,7,9-11,13,15-17,19,21-23,25,27-29,31,33-47,49,51-55,57,59-63,65,67-69H2,1-2H3,(H,78,81)/b8-6-,14-12-,20-18-,26-24-,32-30-,50-48+,58-56+,66-64+. The molecule has 1 saturated heterocycles. The van der Waals surface area contributed by atoms with Gasteiger partial charge < -0.3 is 40.3 Å². The maximum Gasteiger partial charge on any atom is 0.220 e. The Hall–Kier alpha value is -2.89. The number of allylic oxidation sites excluding steroid dienone is 15. The van der Waals surface area contributed by atoms with Gasteiger partial charge in [-0.25, -0.2) is 0 Å². The quantitative estimate of drug-likeness (QED) is 0.0261. The summed E-state index contributed by atoms with van der Waals surface area (Å²) in [6.07, 6.45) is 88.1. The van der Waals surface area contributed by atoms with Gasteiger partial charge in [0.05, 0.1) is 25.4 Å². The van der Waals surface area contributed by atoms with E-state index in [1.807, 2.05) is 6.08 Å². The molecule has 1 heterocycles. The Bertz CT molecular complexity index is 1680. The fourth-order valence-corrected chi connectivity index (χ4v) is 11.2. The predicted molar refractivity (Wildman–Crippen MR) is 368 cm³/mol. The summed E-state index contributed by atoms with van der Waals surface area (Å²) in [5.41, 5.74) is 0. The minimum Gasteiger partial charge on any atom is -0.394 e. The van der Waals surface area contributed by atoms with Crippen molar-refractivity contribution in [2.75, 3.05) is 13.2 Å². The molecule has 1 amide bonds. The number of nitrogens with one attached hydrogen (secondary N) is 1. The van der Waals surface area contributed by atoms with Crippen molar-refractivity contribution in [1.82, 2.24) is 5.32 Å². The second-order valence-electron chi connectivity index (χ2n) is 25.0. The smallest absolute Gasteiger partial charge is 0.220 e. The molecule has 0 aromatic heterocycles. The van der Waals surface area contributed by atoms with Crippen LogP contribution in [0.3, 0.4) is 0 Å². The lowest BCUT2D eigenvalue weighted by atomic mass is 9.99. The average Bonchev–Trinajstić information content (AvgIpc) is 3.59. The molecule has 1 aliphatic rings. The van der Waals surface area contributed by atoms with Crippen LogP contribution in [0.5, 0.6) is 0 Å². The van der Waals surface area contributed by atoms with E-state index in [2.05, 4.69) is 104 Å². The van der Waals surface area contributed by atoms with Gasteiger partial charge in [-0.3, -0.25) is 4.79 Å². The van der Waals surface area contributed by atoms with E-state index in [0.717, 1.165) is 77.0 Å². The number of unbranched alkanes of at least 4 members (excludes halogenated alkanes) is 39. The highest BCUT2D eigenvalue weighted by atomic mass is 16.7. The number of hydrogen-bond donors (Lipinski definition) is 6. The zero-order chi connectivity index (χ0) is 62.1. The molecule has 7 atom stereocenters. The maximum atomic E-state index is 13.1. The highest BCUT2D eigenvalue weighted by molar-refractivity contribution is 5.76. The molecule has 0 bridgehead atoms. The lowest BCUT2D eigenvalue weighted by molar-refractivity contribution is -0.302. The molecule has 0 saturated carbocycles. The van der Waals surface area contributed by atoms with Gasteiger partial charge in [0.1, 0.15) is 24.4 Å². The van der Waals surface area contributed by atoms with Crippen molar-refractivity contribution in [3.05, 3.63) is 97.2 Å². The molecule has 9 heteroatoms. The summed E-state index contributed by atoms with van der Waals surface area (Å²) in [5, 5.41) is 54.8. The average molecular weight is 1200 g/mol. The maximum absolute atomic E-state index is 13.1. The van der Waals surface area contributed by atoms with Crippen molar-refractivity contribution in [2.24, 2.45) is 0 Å². The Morgan fingerprint density at radius 1 is 0.407 bits per heavy atom. The number of aliphatic hydroxyl groups is 5. The van der Waals surface area contributed by atoms with Crippen molar-refractivity contribution in [1.29, 1.82) is 0 Å². The van der Waals surface area contributed by atoms with Crippen LogP contribution in [0, 0.1) is 0 Å². The third-order valence-corrected chi connectivity index (χ3v) is 16.9. The first-order valence-corrected chi connectivity index (χ1v) is 36.5. The molecule has 0 aromatic carbocycles. The molecule has 1 fully saturated rings. The van der Waals surface area contributed by atoms with E-state index in [1.54, 1.807) is 6.08 Å². The van der Waals surface area contributed by atoms with Crippen LogP contribution in [0.25, 0.3) is 0 Å². The van der Waals surface area contributed by atoms with E-state index in [1.165, 1.54) is 231 Å². The minimum atomic E-state index is -1.58. The summed E-state index contributed by atoms with van der Waals surface area (Å²) in [6, 6.07) is -0.836. The molecule has 86 heavy (non-hydrogen) atoms. The second kappa shape index (κ2) is 65.1. The van der Waals surface area contributed by atoms with Gasteiger partial charge in [0, 0.05) is 6.42 Å². The first kappa shape index (κ1) is 81.1. The zero-order valence-corrected chi connectivity index (χ0v) is 55.8. The monoisotopic (exact) mass is 1200 g/mol. The van der Waals surface area contributed by atoms with Gasteiger partial charge in [-0.2, -0.15) is 0 Å². The fourth-order valence-electron chi connectivity index (χ4n) is 11.2. The van der Waals surface area contributed by atoms with Crippen LogP contribution < -0.4 is 5.32 Å². The van der Waals surface area contributed by atoms with Crippen molar-refractivity contribution in [2.45, 2.75) is 371 Å². The number of aliphatic hydroxyl groups excluding tert-OH is 5. The molecular weight excluding hydrogens is 1070 g/mol. The van der Waals surface area contributed by atoms with Crippen LogP contribution in [0.2, 0.25) is 0 Å². The molecule has 6 N–H and O–H groups in total. The van der Waals surface area contributed by atoms with Gasteiger partial charge >= 0.3 is 0 Å². The highest BCUT2D eigenvalue weighted by Crippen LogP contribution is 2.23. The third-order valence-electron chi connectivity index (χ3n) is 16.9. The van der Waals surface area contributed by atoms with Crippen LogP contribution in [-0.2, 0) is 14.3 Å². The number of hydrogen-bond acceptors (Lipinski definition) is 8. The molecule has 1 rings (SSSR count). The van der Waals surface area contributed by atoms with Gasteiger partial charge in [0.25, 0.3) is 0 Å². The Morgan fingerprint density at radius 3 is 1.12 bits per heavy atom. The molecule has 7 unspecified atom stereocenters. The fraction of sp³-hybridized carbons (Fsp3) is 0.779. The van der Waals surface area contributed by atoms with Crippen molar-refractivity contribution in [3.63, 3.8) is 0 Å². The van der Waals surface area contributed by atoms with E-state index >= 15 is 0 Å². The minimum absolute atomic E-state index is 0.191. The van der Waals surface area contributed by atoms with E-state index in [0.29, 0.717) is 6.42 Å². The topological polar surface area (TPSA) is 149 Å². The van der Waals surface area contributed by atoms with Gasteiger partial charge in [-0.1, -0.05) is 329 Å². The Balaban J connectivity index is 2.15. The third kappa shape index (κ3) is 53.0. The van der Waals surface area contributed by atoms with Crippen molar-refractivity contribution in [3.8, 4) is 0 Å². The molecule has 0 radical (unpaired) electrons. The zero-order valence-electron chi connectivity index (χ0n) is 55.8. The summed E-state index contributed by atoms with van der Waals surface area (Å²) in [4.78, 5) is 13.1. The Morgan fingerprint density at radius 2 is 0.733 bits per heavy atom. The molecule has 0 aliphatic carbocycles. The summed E-state index contributed by atoms with van der Waals surface area (Å²) >= 11 is 0. The van der Waals surface area contributed by atoms with Crippen LogP contribution >= 0.6 is 0 Å². The van der Waals surface area contributed by atoms with Crippen LogP contribution in [0.1, 0.15) is 328 Å². The van der Waals surface area contributed by atoms with Gasteiger partial charge in [-0.05, 0) is 89.9 Å². The first-order chi connectivity index (χ1) is 42.3. The summed E-state index contributed by atoms with van der Waals surface area (Å²) in [6.45, 7) is 3.68. The number of amides is 1. The normalized spacial score (nSPS) is 18.6. The molecule has 1 aliphatic heterocycles. The molecule has 0 spiro atoms. The highest BCUT2D eigenvalue weighted by Gasteiger charge is 2.44. The lowest BCUT2D eigenvalue weighted by Crippen LogP contribution is -2.60. The van der Waals surface area contributed by atoms with E-state index < -0.39 is 49.5 Å². The van der Waals surface area contributed by atoms with Crippen molar-refractivity contribution >= 4 is 5.91 Å². The first-order valence-electron chi connectivity index (χ1n) is 36.5. The van der Waals surface area contributed by atoms with Crippen LogP contribution in [0.4, 0.5) is 0 Å². The number of ether oxygens (including phenoxy) is 2. The summed E-state index contributed by atoms with van der Waals surface area (Å²) in [7, 11) is 0. The Labute approximate surface area is 530 Å². The molecule has 0 aromatic rings. The van der Waals surface area contributed by atoms with E-state index in [9.17, 15) is 30.3 Å². The molecule has 9 nitrogen and oxygen atoms in total. The number of rotatable bonds is 63. The number of carbonyl (C=O) groups excluding carboxylic acids is 1. The van der Waals surface area contributed by atoms with Gasteiger partial charge in [-0.15, -0.1) is 0 Å². The van der Waals surface area contributed by atoms with Crippen LogP contribution in [0.15, 0.2) is 97.2 Å². The Kier molecular flexibility index (Phi) is 61.4. The van der Waals surface area contributed by atoms with Crippen molar-refractivity contribution < 1.29 is 39.8 Å². The predicted octanol–water partition coefficient (Wildman–Crippen LogP) is 20.3. The largest absolute Gasteiger partial charge is 0.394 e. The SMILES string of the molecule is CC/C=C\C/C=C\C/C=C\C/C=C\C/C=C\CCCCCCCCCCCCCCCCCC(=O)NC(COC1OC(CO)C(O)C(O)C1O)C(O)/C=C/CC/C=C/CC/C=C/CCCCCCCCCCCCCCCCCCCCCCCC. The second-order valence-corrected chi connectivity index (χ2v) is 25.0. The van der Waals surface area contributed by atoms with Gasteiger partial charge in [0.2, 0.25) is 5.91 Å². The van der Waals surface area contributed by atoms with E-state index in [4.69, 9.17) is 9.47 Å². The molecule has 498 valence electrons. The van der Waals surface area contributed by atoms with E-state index in [-0.39, 0.29) is 12.5 Å².